The molecule has 2 aliphatic rings. The highest BCUT2D eigenvalue weighted by molar-refractivity contribution is 5.95. The molecule has 2 atom stereocenters. The highest BCUT2D eigenvalue weighted by Crippen LogP contribution is 2.47. The summed E-state index contributed by atoms with van der Waals surface area (Å²) >= 11 is 0. The molecule has 0 spiro atoms. The van der Waals surface area contributed by atoms with Crippen LogP contribution in [0.5, 0.6) is 5.75 Å². The number of phenolic OH excluding ortho intramolecular Hbond substituents is 1. The summed E-state index contributed by atoms with van der Waals surface area (Å²) < 4.78 is 5.43. The molecule has 3 rings (SSSR count). The molecule has 0 unspecified atom stereocenters. The third kappa shape index (κ3) is 1.38. The minimum Gasteiger partial charge on any atom is -0.508 e. The predicted molar refractivity (Wildman–Crippen MR) is 62.9 cm³/mol. The van der Waals surface area contributed by atoms with E-state index in [9.17, 15) is 9.90 Å². The zero-order valence-corrected chi connectivity index (χ0v) is 9.69. The van der Waals surface area contributed by atoms with Crippen molar-refractivity contribution in [3.63, 3.8) is 0 Å². The number of carbonyl (C=O) groups excluding carboxylic acids is 1. The lowest BCUT2D eigenvalue weighted by Crippen LogP contribution is -2.20. The Labute approximate surface area is 99.7 Å². The molecule has 0 bridgehead atoms. The Morgan fingerprint density at radius 2 is 2.29 bits per heavy atom. The number of aromatic hydroxyl groups is 1. The van der Waals surface area contributed by atoms with Gasteiger partial charge in [-0.15, -0.1) is 0 Å². The second-order valence-corrected chi connectivity index (χ2v) is 4.88. The van der Waals surface area contributed by atoms with E-state index in [2.05, 4.69) is 6.58 Å². The van der Waals surface area contributed by atoms with Gasteiger partial charge in [0.05, 0.1) is 5.56 Å². The van der Waals surface area contributed by atoms with Gasteiger partial charge in [-0.1, -0.05) is 12.2 Å². The van der Waals surface area contributed by atoms with Gasteiger partial charge in [-0.25, -0.2) is 4.79 Å². The van der Waals surface area contributed by atoms with Crippen molar-refractivity contribution in [3.8, 4) is 5.75 Å². The molecule has 0 fully saturated rings. The van der Waals surface area contributed by atoms with Crippen molar-refractivity contribution in [2.45, 2.75) is 25.9 Å². The van der Waals surface area contributed by atoms with E-state index in [0.717, 1.165) is 29.5 Å². The highest BCUT2D eigenvalue weighted by atomic mass is 16.5. The fourth-order valence-corrected chi connectivity index (χ4v) is 2.90. The predicted octanol–water partition coefficient (Wildman–Crippen LogP) is 2.74. The number of aryl methyl sites for hydroxylation is 1. The second-order valence-electron chi connectivity index (χ2n) is 4.88. The van der Waals surface area contributed by atoms with Crippen LogP contribution in [0.3, 0.4) is 0 Å². The summed E-state index contributed by atoms with van der Waals surface area (Å²) in [7, 11) is 0. The number of rotatable bonds is 1. The molecule has 1 aliphatic heterocycles. The summed E-state index contributed by atoms with van der Waals surface area (Å²) in [5, 5.41) is 9.59. The van der Waals surface area contributed by atoms with Gasteiger partial charge in [-0.2, -0.15) is 0 Å². The van der Waals surface area contributed by atoms with Gasteiger partial charge < -0.3 is 9.84 Å². The van der Waals surface area contributed by atoms with Crippen LogP contribution in [0, 0.1) is 5.92 Å². The molecule has 0 saturated carbocycles. The van der Waals surface area contributed by atoms with E-state index >= 15 is 0 Å². The molecule has 17 heavy (non-hydrogen) atoms. The maximum absolute atomic E-state index is 11.8. The molecule has 1 aromatic rings. The van der Waals surface area contributed by atoms with Crippen LogP contribution in [0.15, 0.2) is 24.3 Å². The van der Waals surface area contributed by atoms with Crippen LogP contribution in [-0.4, -0.2) is 11.1 Å². The lowest BCUT2D eigenvalue weighted by atomic mass is 9.78. The molecular formula is C14H14O3. The monoisotopic (exact) mass is 230 g/mol. The van der Waals surface area contributed by atoms with E-state index in [4.69, 9.17) is 4.74 Å². The van der Waals surface area contributed by atoms with Crippen molar-refractivity contribution in [1.82, 2.24) is 0 Å². The zero-order chi connectivity index (χ0) is 12.2. The molecule has 1 N–H and O–H groups in total. The van der Waals surface area contributed by atoms with Crippen LogP contribution in [0.1, 0.15) is 40.9 Å². The largest absolute Gasteiger partial charge is 0.508 e. The van der Waals surface area contributed by atoms with Gasteiger partial charge in [0.25, 0.3) is 0 Å². The molecule has 1 aromatic carbocycles. The van der Waals surface area contributed by atoms with Gasteiger partial charge in [0, 0.05) is 11.5 Å². The molecule has 0 radical (unpaired) electrons. The zero-order valence-electron chi connectivity index (χ0n) is 9.69. The Hall–Kier alpha value is -1.77. The van der Waals surface area contributed by atoms with Gasteiger partial charge in [-0.05, 0) is 37.5 Å². The Bertz CT molecular complexity index is 531. The number of hydrogen-bond acceptors (Lipinski definition) is 3. The van der Waals surface area contributed by atoms with Gasteiger partial charge in [0.2, 0.25) is 0 Å². The van der Waals surface area contributed by atoms with E-state index < -0.39 is 0 Å². The summed E-state index contributed by atoms with van der Waals surface area (Å²) in [4.78, 5) is 11.8. The second kappa shape index (κ2) is 3.36. The molecule has 1 aliphatic carbocycles. The molecule has 88 valence electrons. The first-order chi connectivity index (χ1) is 8.08. The molecule has 0 aromatic heterocycles. The summed E-state index contributed by atoms with van der Waals surface area (Å²) in [6.45, 7) is 5.95. The van der Waals surface area contributed by atoms with Gasteiger partial charge in [0.1, 0.15) is 11.9 Å². The maximum Gasteiger partial charge on any atom is 0.339 e. The average molecular weight is 230 g/mol. The van der Waals surface area contributed by atoms with E-state index in [0.29, 0.717) is 5.56 Å². The molecule has 3 nitrogen and oxygen atoms in total. The third-order valence-corrected chi connectivity index (χ3v) is 3.71. The molecular weight excluding hydrogens is 216 g/mol. The Balaban J connectivity index is 2.18. The first-order valence-corrected chi connectivity index (χ1v) is 5.80. The summed E-state index contributed by atoms with van der Waals surface area (Å²) in [5.41, 5.74) is 3.57. The lowest BCUT2D eigenvalue weighted by Gasteiger charge is -2.29. The average Bonchev–Trinajstić information content (AvgIpc) is 2.57. The van der Waals surface area contributed by atoms with E-state index in [-0.39, 0.29) is 23.7 Å². The van der Waals surface area contributed by atoms with Crippen LogP contribution in [0.4, 0.5) is 0 Å². The number of carbonyl (C=O) groups is 1. The third-order valence-electron chi connectivity index (χ3n) is 3.71. The van der Waals surface area contributed by atoms with Crippen LogP contribution >= 0.6 is 0 Å². The SMILES string of the molecule is C=C(C)[C@@H]1CCc2cc(O)cc3c2[C@H]1OC3=O. The van der Waals surface area contributed by atoms with E-state index in [1.54, 1.807) is 6.07 Å². The van der Waals surface area contributed by atoms with Gasteiger partial charge >= 0.3 is 5.97 Å². The smallest absolute Gasteiger partial charge is 0.339 e. The fraction of sp³-hybridized carbons (Fsp3) is 0.357. The van der Waals surface area contributed by atoms with E-state index in [1.165, 1.54) is 6.07 Å². The van der Waals surface area contributed by atoms with Crippen LogP contribution < -0.4 is 0 Å². The highest BCUT2D eigenvalue weighted by Gasteiger charge is 2.41. The lowest BCUT2D eigenvalue weighted by molar-refractivity contribution is 0.0254. The van der Waals surface area contributed by atoms with Crippen LogP contribution in [-0.2, 0) is 11.2 Å². The quantitative estimate of drug-likeness (QED) is 0.596. The Morgan fingerprint density at radius 1 is 1.53 bits per heavy atom. The first kappa shape index (κ1) is 10.4. The molecule has 0 saturated heterocycles. The Morgan fingerprint density at radius 3 is 3.00 bits per heavy atom. The number of benzene rings is 1. The standard InChI is InChI=1S/C14H14O3/c1-7(2)10-4-3-8-5-9(15)6-11-12(8)13(10)17-14(11)16/h5-6,10,13,15H,1,3-4H2,2H3/t10-,13-/m0/s1. The van der Waals surface area contributed by atoms with Gasteiger partial charge in [0.15, 0.2) is 0 Å². The minimum atomic E-state index is -0.324. The number of esters is 1. The van der Waals surface area contributed by atoms with Crippen molar-refractivity contribution in [2.75, 3.05) is 0 Å². The first-order valence-electron chi connectivity index (χ1n) is 5.80. The van der Waals surface area contributed by atoms with Crippen LogP contribution in [0.2, 0.25) is 0 Å². The van der Waals surface area contributed by atoms with Crippen LogP contribution in [0.25, 0.3) is 0 Å². The van der Waals surface area contributed by atoms with Gasteiger partial charge in [-0.3, -0.25) is 0 Å². The summed E-state index contributed by atoms with van der Waals surface area (Å²) in [6, 6.07) is 3.24. The molecule has 1 heterocycles. The van der Waals surface area contributed by atoms with Crippen molar-refractivity contribution in [1.29, 1.82) is 0 Å². The summed E-state index contributed by atoms with van der Waals surface area (Å²) in [5.74, 6) is 0.0256. The van der Waals surface area contributed by atoms with E-state index in [1.807, 2.05) is 6.92 Å². The number of hydrogen-bond donors (Lipinski definition) is 1. The van der Waals surface area contributed by atoms with Crippen molar-refractivity contribution in [2.24, 2.45) is 5.92 Å². The molecule has 0 amide bonds. The minimum absolute atomic E-state index is 0.144. The summed E-state index contributed by atoms with van der Waals surface area (Å²) in [6.07, 6.45) is 1.59. The Kier molecular flexibility index (Phi) is 2.05. The van der Waals surface area contributed by atoms with Crippen molar-refractivity contribution >= 4 is 5.97 Å². The maximum atomic E-state index is 11.8. The topological polar surface area (TPSA) is 46.5 Å². The molecule has 3 heteroatoms. The van der Waals surface area contributed by atoms with Crippen molar-refractivity contribution < 1.29 is 14.6 Å². The normalized spacial score (nSPS) is 25.4. The number of phenols is 1. The van der Waals surface area contributed by atoms with Crippen molar-refractivity contribution in [3.05, 3.63) is 41.0 Å². The fourth-order valence-electron chi connectivity index (χ4n) is 2.90. The number of ether oxygens (including phenoxy) is 1.